The van der Waals surface area contributed by atoms with Crippen LogP contribution >= 0.6 is 0 Å². The molecule has 0 radical (unpaired) electrons. The molecule has 1 aromatic carbocycles. The number of carbonyl (C=O) groups excluding carboxylic acids is 1. The second-order valence-electron chi connectivity index (χ2n) is 9.30. The van der Waals surface area contributed by atoms with Gasteiger partial charge < -0.3 is 9.39 Å². The van der Waals surface area contributed by atoms with Gasteiger partial charge in [0.25, 0.3) is 12.2 Å². The standard InChI is InChI=1S/C20H32BNO3/c1-15-22(14-16-12-10-9-11-13-16)17(18(23)24-8)21(25-15,19(2,3)4)20(5,6)7/h9-13,17H,14H2,1-8H3. The molecule has 25 heavy (non-hydrogen) atoms. The van der Waals surface area contributed by atoms with Crippen LogP contribution in [0.2, 0.25) is 10.6 Å². The van der Waals surface area contributed by atoms with Gasteiger partial charge in [-0.05, 0) is 0 Å². The number of carbonyl (C=O) groups is 1. The summed E-state index contributed by atoms with van der Waals surface area (Å²) in [5, 5.41) is -0.409. The summed E-state index contributed by atoms with van der Waals surface area (Å²) in [7, 11) is 1.46. The fourth-order valence-electron chi connectivity index (χ4n) is 4.88. The highest BCUT2D eigenvalue weighted by Crippen LogP contribution is 2.56. The summed E-state index contributed by atoms with van der Waals surface area (Å²) in [6.45, 7) is 15.5. The summed E-state index contributed by atoms with van der Waals surface area (Å²) in [6.07, 6.45) is -1.56. The predicted octanol–water partition coefficient (Wildman–Crippen LogP) is 4.27. The number of methoxy groups -OCH3 is 1. The van der Waals surface area contributed by atoms with Gasteiger partial charge in [0.2, 0.25) is 0 Å². The molecule has 5 heteroatoms. The smallest absolute Gasteiger partial charge is 0.338 e. The molecule has 0 N–H and O–H groups in total. The first-order chi connectivity index (χ1) is 11.5. The molecule has 1 aromatic rings. The van der Waals surface area contributed by atoms with E-state index in [1.807, 2.05) is 25.1 Å². The molecule has 4 nitrogen and oxygen atoms in total. The number of hydrogen-bond donors (Lipinski definition) is 0. The van der Waals surface area contributed by atoms with E-state index in [1.54, 1.807) is 0 Å². The van der Waals surface area contributed by atoms with E-state index in [2.05, 4.69) is 58.3 Å². The van der Waals surface area contributed by atoms with Gasteiger partial charge in [0, 0.05) is 5.56 Å². The monoisotopic (exact) mass is 345 g/mol. The average Bonchev–Trinajstić information content (AvgIpc) is 2.81. The first-order valence-corrected chi connectivity index (χ1v) is 9.02. The Balaban J connectivity index is 2.61. The van der Waals surface area contributed by atoms with Crippen molar-refractivity contribution in [1.82, 2.24) is 0 Å². The number of esters is 1. The number of ether oxygens (including phenoxy) is 1. The lowest BCUT2D eigenvalue weighted by Crippen LogP contribution is -2.65. The van der Waals surface area contributed by atoms with E-state index in [9.17, 15) is 4.79 Å². The number of nitrogens with zero attached hydrogens (tertiary/aromatic N) is 1. The Morgan fingerprint density at radius 1 is 1.12 bits per heavy atom. The van der Waals surface area contributed by atoms with Crippen LogP contribution in [0.25, 0.3) is 0 Å². The lowest BCUT2D eigenvalue weighted by atomic mass is 9.14. The molecular formula is C20H32BNO3. The van der Waals surface area contributed by atoms with Crippen LogP contribution in [-0.2, 0) is 20.7 Å². The van der Waals surface area contributed by atoms with Crippen molar-refractivity contribution in [3.05, 3.63) is 35.9 Å². The summed E-state index contributed by atoms with van der Waals surface area (Å²) >= 11 is 0. The third kappa shape index (κ3) is 3.21. The molecule has 0 aliphatic carbocycles. The zero-order valence-electron chi connectivity index (χ0n) is 16.9. The molecule has 138 valence electrons. The summed E-state index contributed by atoms with van der Waals surface area (Å²) in [5.41, 5.74) is 1.15. The SMILES string of the molecule is COC(=O)C1[N+](Cc2ccccc2)=C(C)O[B-]1(C(C)(C)C)C(C)(C)C. The normalized spacial score (nSPS) is 20.4. The van der Waals surface area contributed by atoms with E-state index < -0.39 is 12.3 Å². The van der Waals surface area contributed by atoms with Crippen LogP contribution in [0.15, 0.2) is 30.3 Å². The molecule has 0 bridgehead atoms. The second-order valence-corrected chi connectivity index (χ2v) is 9.30. The highest BCUT2D eigenvalue weighted by Gasteiger charge is 2.65. The van der Waals surface area contributed by atoms with Crippen molar-refractivity contribution in [3.63, 3.8) is 0 Å². The summed E-state index contributed by atoms with van der Waals surface area (Å²) in [4.78, 5) is 12.9. The largest absolute Gasteiger partial charge is 0.663 e. The van der Waals surface area contributed by atoms with E-state index in [-0.39, 0.29) is 16.6 Å². The molecule has 1 aliphatic heterocycles. The number of hydrogen-bond acceptors (Lipinski definition) is 3. The van der Waals surface area contributed by atoms with Gasteiger partial charge in [-0.1, -0.05) is 71.9 Å². The lowest BCUT2D eigenvalue weighted by Gasteiger charge is -2.55. The fraction of sp³-hybridized carbons (Fsp3) is 0.600. The molecule has 0 saturated heterocycles. The minimum atomic E-state index is -1.56. The van der Waals surface area contributed by atoms with Crippen LogP contribution in [-0.4, -0.2) is 35.8 Å². The van der Waals surface area contributed by atoms with Gasteiger partial charge in [-0.2, -0.15) is 0 Å². The molecular weight excluding hydrogens is 313 g/mol. The Labute approximate surface area is 152 Å². The second kappa shape index (κ2) is 6.51. The van der Waals surface area contributed by atoms with Gasteiger partial charge >= 0.3 is 5.97 Å². The van der Waals surface area contributed by atoms with Crippen LogP contribution in [0.5, 0.6) is 0 Å². The molecule has 0 saturated carbocycles. The Morgan fingerprint density at radius 3 is 2.08 bits per heavy atom. The summed E-state index contributed by atoms with van der Waals surface area (Å²) < 4.78 is 13.9. The maximum absolute atomic E-state index is 12.9. The van der Waals surface area contributed by atoms with Crippen LogP contribution in [0.3, 0.4) is 0 Å². The molecule has 0 spiro atoms. The average molecular weight is 345 g/mol. The van der Waals surface area contributed by atoms with Gasteiger partial charge in [0.15, 0.2) is 12.5 Å². The van der Waals surface area contributed by atoms with Crippen molar-refractivity contribution in [2.24, 2.45) is 0 Å². The van der Waals surface area contributed by atoms with E-state index in [0.29, 0.717) is 6.54 Å². The highest BCUT2D eigenvalue weighted by molar-refractivity contribution is 6.84. The minimum Gasteiger partial charge on any atom is -0.663 e. The van der Waals surface area contributed by atoms with Gasteiger partial charge in [0.1, 0.15) is 0 Å². The number of rotatable bonds is 3. The van der Waals surface area contributed by atoms with E-state index in [4.69, 9.17) is 9.39 Å². The maximum atomic E-state index is 12.9. The molecule has 1 heterocycles. The molecule has 0 fully saturated rings. The maximum Gasteiger partial charge on any atom is 0.338 e. The highest BCUT2D eigenvalue weighted by atomic mass is 16.5. The van der Waals surface area contributed by atoms with Crippen molar-refractivity contribution in [2.45, 2.75) is 71.6 Å². The lowest BCUT2D eigenvalue weighted by molar-refractivity contribution is -0.551. The topological polar surface area (TPSA) is 38.5 Å². The zero-order valence-corrected chi connectivity index (χ0v) is 16.9. The molecule has 0 amide bonds. The van der Waals surface area contributed by atoms with Crippen molar-refractivity contribution < 1.29 is 18.8 Å². The van der Waals surface area contributed by atoms with Crippen molar-refractivity contribution in [2.75, 3.05) is 7.11 Å². The van der Waals surface area contributed by atoms with Crippen LogP contribution in [0, 0.1) is 0 Å². The van der Waals surface area contributed by atoms with Crippen molar-refractivity contribution in [1.29, 1.82) is 0 Å². The van der Waals surface area contributed by atoms with Gasteiger partial charge in [-0.25, -0.2) is 9.37 Å². The third-order valence-electron chi connectivity index (χ3n) is 5.75. The predicted molar refractivity (Wildman–Crippen MR) is 103 cm³/mol. The first kappa shape index (κ1) is 19.5. The first-order valence-electron chi connectivity index (χ1n) is 9.02. The minimum absolute atomic E-state index is 0.205. The van der Waals surface area contributed by atoms with E-state index in [0.717, 1.165) is 11.5 Å². The van der Waals surface area contributed by atoms with Crippen LogP contribution < -0.4 is 0 Å². The number of benzene rings is 1. The van der Waals surface area contributed by atoms with Crippen LogP contribution in [0.1, 0.15) is 54.0 Å². The zero-order chi connectivity index (χ0) is 19.0. The molecule has 1 aliphatic rings. The summed E-state index contributed by atoms with van der Waals surface area (Å²) in [6, 6.07) is 10.2. The quantitative estimate of drug-likeness (QED) is 0.466. The molecule has 1 atom stereocenters. The molecule has 1 unspecified atom stereocenters. The Kier molecular flexibility index (Phi) is 5.09. The van der Waals surface area contributed by atoms with Crippen molar-refractivity contribution >= 4 is 18.2 Å². The van der Waals surface area contributed by atoms with Gasteiger partial charge in [0.05, 0.1) is 14.0 Å². The Bertz CT molecular complexity index is 654. The van der Waals surface area contributed by atoms with E-state index >= 15 is 0 Å². The molecule has 2 rings (SSSR count). The van der Waals surface area contributed by atoms with Crippen LogP contribution in [0.4, 0.5) is 0 Å². The van der Waals surface area contributed by atoms with Gasteiger partial charge in [-0.15, -0.1) is 10.6 Å². The summed E-state index contributed by atoms with van der Waals surface area (Å²) in [5.74, 6) is 0.131. The van der Waals surface area contributed by atoms with Crippen molar-refractivity contribution in [3.8, 4) is 0 Å². The van der Waals surface area contributed by atoms with E-state index in [1.165, 1.54) is 7.11 Å². The fourth-order valence-corrected chi connectivity index (χ4v) is 4.88. The molecule has 0 aromatic heterocycles. The van der Waals surface area contributed by atoms with Gasteiger partial charge in [-0.3, -0.25) is 0 Å². The Morgan fingerprint density at radius 2 is 1.64 bits per heavy atom. The third-order valence-corrected chi connectivity index (χ3v) is 5.75. The Hall–Kier alpha value is -1.78.